The zero-order valence-corrected chi connectivity index (χ0v) is 17.7. The predicted molar refractivity (Wildman–Crippen MR) is 121 cm³/mol. The molecule has 1 amide bonds. The smallest absolute Gasteiger partial charge is 0.273 e. The molecule has 9 heteroatoms. The summed E-state index contributed by atoms with van der Waals surface area (Å²) < 4.78 is 2.71. The fourth-order valence-corrected chi connectivity index (χ4v) is 5.40. The van der Waals surface area contributed by atoms with Crippen LogP contribution in [0.2, 0.25) is 0 Å². The molecule has 3 aromatic rings. The molecule has 0 atom stereocenters. The van der Waals surface area contributed by atoms with E-state index in [0.29, 0.717) is 25.3 Å². The number of carbonyl (C=O) groups excluding carboxylic acids is 1. The first-order valence-electron chi connectivity index (χ1n) is 8.56. The lowest BCUT2D eigenvalue weighted by atomic mass is 10.2. The Kier molecular flexibility index (Phi) is 5.03. The highest BCUT2D eigenvalue weighted by molar-refractivity contribution is 8.31. The minimum Gasteiger partial charge on any atom is -0.494 e. The maximum atomic E-state index is 13.3. The van der Waals surface area contributed by atoms with Crippen LogP contribution in [0.25, 0.3) is 16.5 Å². The van der Waals surface area contributed by atoms with Crippen LogP contribution >= 0.6 is 35.3 Å². The molecule has 2 aromatic carbocycles. The number of aliphatic hydroxyl groups excluding tert-OH is 1. The van der Waals surface area contributed by atoms with E-state index in [1.165, 1.54) is 16.7 Å². The number of nitrogens with one attached hydrogen (secondary N) is 1. The quantitative estimate of drug-likeness (QED) is 0.531. The number of hydrogen-bond acceptors (Lipinski definition) is 7. The van der Waals surface area contributed by atoms with Gasteiger partial charge in [0.1, 0.15) is 14.1 Å². The van der Waals surface area contributed by atoms with Crippen molar-refractivity contribution in [1.29, 1.82) is 5.41 Å². The Morgan fingerprint density at radius 1 is 1.10 bits per heavy atom. The third-order valence-electron chi connectivity index (χ3n) is 4.34. The first-order chi connectivity index (χ1) is 13.9. The highest BCUT2D eigenvalue weighted by Crippen LogP contribution is 2.35. The van der Waals surface area contributed by atoms with Gasteiger partial charge < -0.3 is 10.8 Å². The fourth-order valence-electron chi connectivity index (χ4n) is 2.95. The summed E-state index contributed by atoms with van der Waals surface area (Å²) in [6.45, 7) is 1.97. The van der Waals surface area contributed by atoms with Gasteiger partial charge in [0.05, 0.1) is 5.69 Å². The molecule has 0 unspecified atom stereocenters. The summed E-state index contributed by atoms with van der Waals surface area (Å²) in [4.78, 5) is 15.2. The van der Waals surface area contributed by atoms with Crippen LogP contribution in [0.1, 0.15) is 5.56 Å². The van der Waals surface area contributed by atoms with Gasteiger partial charge in [-0.2, -0.15) is 0 Å². The second-order valence-corrected chi connectivity index (χ2v) is 8.96. The van der Waals surface area contributed by atoms with Crippen molar-refractivity contribution in [3.63, 3.8) is 0 Å². The van der Waals surface area contributed by atoms with Gasteiger partial charge in [0, 0.05) is 5.69 Å². The SMILES string of the molecule is Cc1ccc(N2C(=O)/C(=c3\s/c(=C(/N)O)c(=N)n3-c3ccccc3)SC2=S)cc1. The van der Waals surface area contributed by atoms with E-state index in [1.807, 2.05) is 61.5 Å². The Hall–Kier alpha value is -2.88. The van der Waals surface area contributed by atoms with Crippen molar-refractivity contribution in [2.45, 2.75) is 6.92 Å². The van der Waals surface area contributed by atoms with E-state index in [1.54, 1.807) is 4.57 Å². The molecule has 1 aliphatic rings. The predicted octanol–water partition coefficient (Wildman–Crippen LogP) is 2.08. The lowest BCUT2D eigenvalue weighted by Gasteiger charge is -2.14. The summed E-state index contributed by atoms with van der Waals surface area (Å²) in [5, 5.41) is 18.3. The number of rotatable bonds is 2. The second kappa shape index (κ2) is 7.51. The van der Waals surface area contributed by atoms with Gasteiger partial charge in [-0.15, -0.1) is 11.3 Å². The number of aliphatic hydroxyl groups is 1. The molecule has 29 heavy (non-hydrogen) atoms. The van der Waals surface area contributed by atoms with E-state index in [0.717, 1.165) is 16.9 Å². The lowest BCUT2D eigenvalue weighted by molar-refractivity contribution is -0.112. The van der Waals surface area contributed by atoms with Crippen LogP contribution in [0, 0.1) is 12.3 Å². The van der Waals surface area contributed by atoms with Crippen LogP contribution in [0.5, 0.6) is 0 Å². The van der Waals surface area contributed by atoms with Gasteiger partial charge in [-0.1, -0.05) is 59.9 Å². The molecule has 0 spiro atoms. The van der Waals surface area contributed by atoms with Crippen molar-refractivity contribution >= 4 is 62.0 Å². The molecule has 0 aliphatic carbocycles. The topological polar surface area (TPSA) is 95.3 Å². The monoisotopic (exact) mass is 440 g/mol. The molecule has 0 bridgehead atoms. The van der Waals surface area contributed by atoms with Crippen LogP contribution in [0.3, 0.4) is 0 Å². The number of aromatic nitrogens is 1. The zero-order valence-electron chi connectivity index (χ0n) is 15.2. The molecule has 0 saturated carbocycles. The number of thioether (sulfide) groups is 1. The molecule has 2 heterocycles. The number of amides is 1. The van der Waals surface area contributed by atoms with Gasteiger partial charge >= 0.3 is 0 Å². The maximum absolute atomic E-state index is 13.3. The molecule has 6 nitrogen and oxygen atoms in total. The molecule has 0 radical (unpaired) electrons. The number of thiazole rings is 1. The van der Waals surface area contributed by atoms with Gasteiger partial charge in [-0.05, 0) is 31.2 Å². The van der Waals surface area contributed by atoms with Crippen molar-refractivity contribution in [3.05, 3.63) is 74.8 Å². The number of anilines is 1. The van der Waals surface area contributed by atoms with Gasteiger partial charge in [-0.3, -0.25) is 19.7 Å². The Morgan fingerprint density at radius 3 is 2.38 bits per heavy atom. The molecule has 4 rings (SSSR count). The third kappa shape index (κ3) is 3.37. The lowest BCUT2D eigenvalue weighted by Crippen LogP contribution is -2.34. The van der Waals surface area contributed by atoms with E-state index in [2.05, 4.69) is 0 Å². The molecule has 4 N–H and O–H groups in total. The maximum Gasteiger partial charge on any atom is 0.273 e. The Morgan fingerprint density at radius 2 is 1.76 bits per heavy atom. The third-order valence-corrected chi connectivity index (χ3v) is 7.02. The van der Waals surface area contributed by atoms with E-state index >= 15 is 0 Å². The Labute approximate surface area is 179 Å². The number of benzene rings is 2. The van der Waals surface area contributed by atoms with Gasteiger partial charge in [0.2, 0.25) is 5.88 Å². The molecule has 1 aliphatic heterocycles. The number of carbonyl (C=O) groups is 1. The van der Waals surface area contributed by atoms with Crippen molar-refractivity contribution < 1.29 is 9.90 Å². The molecule has 1 aromatic heterocycles. The van der Waals surface area contributed by atoms with Crippen molar-refractivity contribution in [2.75, 3.05) is 4.90 Å². The first-order valence-corrected chi connectivity index (χ1v) is 10.6. The normalized spacial score (nSPS) is 17.1. The van der Waals surface area contributed by atoms with Crippen LogP contribution in [0.15, 0.2) is 54.6 Å². The van der Waals surface area contributed by atoms with E-state index in [9.17, 15) is 9.90 Å². The number of aryl methyl sites for hydroxylation is 1. The number of para-hydroxylation sites is 1. The van der Waals surface area contributed by atoms with E-state index in [-0.39, 0.29) is 15.9 Å². The van der Waals surface area contributed by atoms with Crippen molar-refractivity contribution in [2.24, 2.45) is 5.73 Å². The standard InChI is InChI=1S/C20H16N4O2S3/c1-11-7-9-13(10-8-11)24-18(26)15(29-20(24)27)19-23(12-5-3-2-4-6-12)16(21)14(28-19)17(22)25/h2-10,21,25H,22H2,1H3/b17-14-,19-15+,21-16?. The van der Waals surface area contributed by atoms with E-state index < -0.39 is 5.88 Å². The van der Waals surface area contributed by atoms with E-state index in [4.69, 9.17) is 23.4 Å². The molecule has 146 valence electrons. The largest absolute Gasteiger partial charge is 0.494 e. The number of thiocarbonyl (C=S) groups is 1. The zero-order chi connectivity index (χ0) is 20.7. The summed E-state index contributed by atoms with van der Waals surface area (Å²) in [6.07, 6.45) is 0. The summed E-state index contributed by atoms with van der Waals surface area (Å²) in [5.41, 5.74) is 8.06. The minimum absolute atomic E-state index is 0.0109. The summed E-state index contributed by atoms with van der Waals surface area (Å²) in [6, 6.07) is 16.7. The van der Waals surface area contributed by atoms with Crippen LogP contribution in [-0.2, 0) is 4.79 Å². The van der Waals surface area contributed by atoms with Crippen molar-refractivity contribution in [1.82, 2.24) is 4.57 Å². The first kappa shape index (κ1) is 19.4. The number of nitrogens with zero attached hydrogens (tertiary/aromatic N) is 2. The van der Waals surface area contributed by atoms with Gasteiger partial charge in [-0.25, -0.2) is 0 Å². The van der Waals surface area contributed by atoms with Crippen LogP contribution < -0.4 is 25.3 Å². The molecule has 1 saturated heterocycles. The van der Waals surface area contributed by atoms with Crippen LogP contribution in [-0.4, -0.2) is 19.9 Å². The van der Waals surface area contributed by atoms with Gasteiger partial charge in [0.25, 0.3) is 5.91 Å². The summed E-state index contributed by atoms with van der Waals surface area (Å²) in [5.74, 6) is -0.720. The Bertz CT molecular complexity index is 1300. The molecule has 1 fully saturated rings. The number of nitrogens with two attached hydrogens (primary N) is 1. The van der Waals surface area contributed by atoms with Crippen molar-refractivity contribution in [3.8, 4) is 5.69 Å². The van der Waals surface area contributed by atoms with Crippen LogP contribution in [0.4, 0.5) is 5.69 Å². The Balaban J connectivity index is 1.99. The minimum atomic E-state index is -0.454. The highest BCUT2D eigenvalue weighted by Gasteiger charge is 2.35. The average molecular weight is 441 g/mol. The molecular weight excluding hydrogens is 424 g/mol. The number of hydrogen-bond donors (Lipinski definition) is 3. The molecular formula is C20H16N4O2S3. The second-order valence-electron chi connectivity index (χ2n) is 6.31. The summed E-state index contributed by atoms with van der Waals surface area (Å²) in [7, 11) is 0. The van der Waals surface area contributed by atoms with Gasteiger partial charge in [0.15, 0.2) is 9.81 Å². The fraction of sp³-hybridized carbons (Fsp3) is 0.0500. The highest BCUT2D eigenvalue weighted by atomic mass is 32.2. The average Bonchev–Trinajstić information content (AvgIpc) is 3.19. The summed E-state index contributed by atoms with van der Waals surface area (Å²) >= 11 is 7.74.